The fourth-order valence-electron chi connectivity index (χ4n) is 3.58. The van der Waals surface area contributed by atoms with Crippen molar-refractivity contribution in [3.05, 3.63) is 101 Å². The fourth-order valence-corrected chi connectivity index (χ4v) is 3.58. The molecule has 3 aromatic rings. The first kappa shape index (κ1) is 18.0. The molecule has 4 heteroatoms. The fraction of sp³-hybridized carbons (Fsp3) is 0.167. The quantitative estimate of drug-likeness (QED) is 0.628. The van der Waals surface area contributed by atoms with E-state index in [1.165, 1.54) is 12.7 Å². The number of rotatable bonds is 4. The van der Waals surface area contributed by atoms with Crippen molar-refractivity contribution in [1.29, 1.82) is 0 Å². The van der Waals surface area contributed by atoms with Gasteiger partial charge in [0.2, 0.25) is 0 Å². The van der Waals surface area contributed by atoms with Crippen molar-refractivity contribution in [1.82, 2.24) is 4.90 Å². The Kier molecular flexibility index (Phi) is 4.94. The van der Waals surface area contributed by atoms with Crippen LogP contribution in [0.25, 0.3) is 0 Å². The molecular formula is C24H22N2O2. The van der Waals surface area contributed by atoms with E-state index in [4.69, 9.17) is 9.73 Å². The van der Waals surface area contributed by atoms with E-state index in [1.54, 1.807) is 0 Å². The third kappa shape index (κ3) is 3.41. The van der Waals surface area contributed by atoms with Crippen LogP contribution in [-0.2, 0) is 9.53 Å². The number of carbonyl (C=O) groups excluding carboxylic acids is 1. The number of amidine groups is 1. The SMILES string of the molecule is COC(=O)CN1C(c2ccccc2)=Nc2ccccc2[C@H]1c1ccc(C)cc1. The van der Waals surface area contributed by atoms with Crippen LogP contribution in [0.3, 0.4) is 0 Å². The molecule has 0 saturated heterocycles. The van der Waals surface area contributed by atoms with Crippen LogP contribution in [0.15, 0.2) is 83.9 Å². The van der Waals surface area contributed by atoms with Gasteiger partial charge in [-0.1, -0.05) is 78.4 Å². The molecule has 0 radical (unpaired) electrons. The summed E-state index contributed by atoms with van der Waals surface area (Å²) in [5.41, 5.74) is 5.29. The van der Waals surface area contributed by atoms with E-state index in [0.717, 1.165) is 28.2 Å². The van der Waals surface area contributed by atoms with Gasteiger partial charge in [0.05, 0.1) is 18.8 Å². The molecule has 1 atom stereocenters. The lowest BCUT2D eigenvalue weighted by molar-refractivity contribution is -0.141. The Morgan fingerprint density at radius 1 is 0.964 bits per heavy atom. The second-order valence-corrected chi connectivity index (χ2v) is 6.88. The van der Waals surface area contributed by atoms with Gasteiger partial charge in [0.15, 0.2) is 0 Å². The molecule has 4 nitrogen and oxygen atoms in total. The monoisotopic (exact) mass is 370 g/mol. The molecule has 0 aliphatic carbocycles. The summed E-state index contributed by atoms with van der Waals surface area (Å²) in [6, 6.07) is 26.4. The molecule has 0 amide bonds. The lowest BCUT2D eigenvalue weighted by atomic mass is 9.92. The van der Waals surface area contributed by atoms with Crippen molar-refractivity contribution < 1.29 is 9.53 Å². The number of hydrogen-bond acceptors (Lipinski definition) is 4. The summed E-state index contributed by atoms with van der Waals surface area (Å²) in [6.07, 6.45) is 0. The number of carbonyl (C=O) groups is 1. The van der Waals surface area contributed by atoms with Crippen LogP contribution < -0.4 is 0 Å². The van der Waals surface area contributed by atoms with Gasteiger partial charge in [-0.3, -0.25) is 4.79 Å². The Morgan fingerprint density at radius 2 is 1.64 bits per heavy atom. The number of benzene rings is 3. The lowest BCUT2D eigenvalue weighted by Gasteiger charge is -2.38. The van der Waals surface area contributed by atoms with Gasteiger partial charge in [-0.2, -0.15) is 0 Å². The van der Waals surface area contributed by atoms with Crippen LogP contribution in [0.4, 0.5) is 5.69 Å². The molecule has 1 aliphatic heterocycles. The number of aliphatic imine (C=N–C) groups is 1. The predicted molar refractivity (Wildman–Crippen MR) is 111 cm³/mol. The van der Waals surface area contributed by atoms with Gasteiger partial charge in [-0.25, -0.2) is 4.99 Å². The molecule has 0 fully saturated rings. The molecule has 0 saturated carbocycles. The zero-order valence-corrected chi connectivity index (χ0v) is 16.0. The van der Waals surface area contributed by atoms with E-state index >= 15 is 0 Å². The first-order valence-corrected chi connectivity index (χ1v) is 9.30. The van der Waals surface area contributed by atoms with E-state index < -0.39 is 0 Å². The Hall–Kier alpha value is -3.40. The molecule has 140 valence electrons. The Labute approximate surface area is 165 Å². The van der Waals surface area contributed by atoms with Gasteiger partial charge in [-0.15, -0.1) is 0 Å². The highest BCUT2D eigenvalue weighted by Crippen LogP contribution is 2.40. The van der Waals surface area contributed by atoms with Crippen LogP contribution in [0.2, 0.25) is 0 Å². The summed E-state index contributed by atoms with van der Waals surface area (Å²) in [5, 5.41) is 0. The first-order chi connectivity index (χ1) is 13.7. The largest absolute Gasteiger partial charge is 0.468 e. The molecular weight excluding hydrogens is 348 g/mol. The second-order valence-electron chi connectivity index (χ2n) is 6.88. The lowest BCUT2D eigenvalue weighted by Crippen LogP contribution is -2.42. The summed E-state index contributed by atoms with van der Waals surface area (Å²) in [4.78, 5) is 19.2. The van der Waals surface area contributed by atoms with Crippen molar-refractivity contribution in [2.24, 2.45) is 4.99 Å². The van der Waals surface area contributed by atoms with E-state index in [-0.39, 0.29) is 18.6 Å². The standard InChI is InChI=1S/C24H22N2O2/c1-17-12-14-18(15-13-17)23-20-10-6-7-11-21(20)25-24(19-8-4-3-5-9-19)26(23)16-22(27)28-2/h3-15,23H,16H2,1-2H3/t23-/m1/s1. The van der Waals surface area contributed by atoms with E-state index in [2.05, 4.69) is 37.3 Å². The zero-order chi connectivity index (χ0) is 19.5. The van der Waals surface area contributed by atoms with Crippen molar-refractivity contribution in [2.75, 3.05) is 13.7 Å². The van der Waals surface area contributed by atoms with Gasteiger partial charge >= 0.3 is 5.97 Å². The Balaban J connectivity index is 1.91. The summed E-state index contributed by atoms with van der Waals surface area (Å²) in [6.45, 7) is 2.19. The third-order valence-corrected chi connectivity index (χ3v) is 4.99. The molecule has 0 aromatic heterocycles. The highest BCUT2D eigenvalue weighted by molar-refractivity contribution is 6.03. The molecule has 0 spiro atoms. The molecule has 1 aliphatic rings. The molecule has 0 N–H and O–H groups in total. The molecule has 28 heavy (non-hydrogen) atoms. The smallest absolute Gasteiger partial charge is 0.325 e. The van der Waals surface area contributed by atoms with E-state index in [0.29, 0.717) is 0 Å². The van der Waals surface area contributed by atoms with E-state index in [1.807, 2.05) is 53.4 Å². The van der Waals surface area contributed by atoms with Crippen LogP contribution >= 0.6 is 0 Å². The summed E-state index contributed by atoms with van der Waals surface area (Å²) in [7, 11) is 1.42. The van der Waals surface area contributed by atoms with Gasteiger partial charge in [0, 0.05) is 11.1 Å². The number of nitrogens with zero attached hydrogens (tertiary/aromatic N) is 2. The van der Waals surface area contributed by atoms with Crippen molar-refractivity contribution in [3.63, 3.8) is 0 Å². The number of esters is 1. The van der Waals surface area contributed by atoms with Crippen LogP contribution in [0.1, 0.15) is 28.3 Å². The zero-order valence-electron chi connectivity index (χ0n) is 16.0. The van der Waals surface area contributed by atoms with Crippen LogP contribution in [0.5, 0.6) is 0 Å². The Morgan fingerprint density at radius 3 is 2.36 bits per heavy atom. The van der Waals surface area contributed by atoms with Crippen molar-refractivity contribution in [3.8, 4) is 0 Å². The van der Waals surface area contributed by atoms with Gasteiger partial charge < -0.3 is 9.64 Å². The van der Waals surface area contributed by atoms with Crippen LogP contribution in [0, 0.1) is 6.92 Å². The van der Waals surface area contributed by atoms with Gasteiger partial charge in [0.25, 0.3) is 0 Å². The number of hydrogen-bond donors (Lipinski definition) is 0. The van der Waals surface area contributed by atoms with Crippen LogP contribution in [-0.4, -0.2) is 30.4 Å². The summed E-state index contributed by atoms with van der Waals surface area (Å²) >= 11 is 0. The highest BCUT2D eigenvalue weighted by atomic mass is 16.5. The van der Waals surface area contributed by atoms with E-state index in [9.17, 15) is 4.79 Å². The number of para-hydroxylation sites is 1. The summed E-state index contributed by atoms with van der Waals surface area (Å²) in [5.74, 6) is 0.482. The number of fused-ring (bicyclic) bond motifs is 1. The van der Waals surface area contributed by atoms with Crippen molar-refractivity contribution >= 4 is 17.5 Å². The second kappa shape index (κ2) is 7.69. The average Bonchev–Trinajstić information content (AvgIpc) is 2.74. The minimum absolute atomic E-state index is 0.122. The minimum atomic E-state index is -0.292. The molecule has 3 aromatic carbocycles. The molecule has 1 heterocycles. The maximum atomic E-state index is 12.3. The van der Waals surface area contributed by atoms with Crippen molar-refractivity contribution in [2.45, 2.75) is 13.0 Å². The van der Waals surface area contributed by atoms with Gasteiger partial charge in [0.1, 0.15) is 12.4 Å². The Bertz CT molecular complexity index is 1010. The number of ether oxygens (including phenoxy) is 1. The minimum Gasteiger partial charge on any atom is -0.468 e. The number of methoxy groups -OCH3 is 1. The topological polar surface area (TPSA) is 41.9 Å². The first-order valence-electron chi connectivity index (χ1n) is 9.30. The van der Waals surface area contributed by atoms with Gasteiger partial charge in [-0.05, 0) is 18.6 Å². The highest BCUT2D eigenvalue weighted by Gasteiger charge is 2.33. The average molecular weight is 370 g/mol. The summed E-state index contributed by atoms with van der Waals surface area (Å²) < 4.78 is 4.99. The molecule has 0 unspecified atom stereocenters. The molecule has 0 bridgehead atoms. The normalized spacial score (nSPS) is 15.6. The maximum Gasteiger partial charge on any atom is 0.325 e. The number of aryl methyl sites for hydroxylation is 1. The third-order valence-electron chi connectivity index (χ3n) is 4.99. The maximum absolute atomic E-state index is 12.3. The predicted octanol–water partition coefficient (Wildman–Crippen LogP) is 4.65. The molecule has 4 rings (SSSR count).